The molecule has 0 amide bonds. The Morgan fingerprint density at radius 2 is 1.19 bits per heavy atom. The molecule has 0 aromatic heterocycles. The maximum atomic E-state index is 14.2. The number of alkyl halides is 3. The van der Waals surface area contributed by atoms with Gasteiger partial charge in [0, 0.05) is 39.2 Å². The quantitative estimate of drug-likeness (QED) is 0.0724. The molecule has 5 rings (SSSR count). The van der Waals surface area contributed by atoms with Crippen LogP contribution in [0.4, 0.5) is 30.2 Å². The minimum atomic E-state index is -4.60. The van der Waals surface area contributed by atoms with E-state index in [-0.39, 0.29) is 42.2 Å². The summed E-state index contributed by atoms with van der Waals surface area (Å²) in [5.74, 6) is -1.61. The molecule has 0 saturated carbocycles. The molecule has 10 heteroatoms. The molecule has 0 spiro atoms. The van der Waals surface area contributed by atoms with Crippen molar-refractivity contribution in [3.63, 3.8) is 0 Å². The predicted molar refractivity (Wildman–Crippen MR) is 202 cm³/mol. The van der Waals surface area contributed by atoms with Crippen LogP contribution in [0.2, 0.25) is 0 Å². The number of rotatable bonds is 14. The van der Waals surface area contributed by atoms with Crippen LogP contribution in [0, 0.1) is 6.92 Å². The number of esters is 3. The van der Waals surface area contributed by atoms with Crippen molar-refractivity contribution in [1.82, 2.24) is 0 Å². The minimum absolute atomic E-state index is 0.0137. The van der Waals surface area contributed by atoms with E-state index in [0.29, 0.717) is 35.3 Å². The largest absolute Gasteiger partial charge is 0.462 e. The summed E-state index contributed by atoms with van der Waals surface area (Å²) in [7, 11) is 0. The monoisotopic (exact) mass is 737 g/mol. The molecule has 54 heavy (non-hydrogen) atoms. The smallest absolute Gasteiger partial charge is 0.416 e. The molecule has 0 fully saturated rings. The van der Waals surface area contributed by atoms with Gasteiger partial charge in [-0.1, -0.05) is 62.2 Å². The summed E-state index contributed by atoms with van der Waals surface area (Å²) in [6.45, 7) is 17.3. The molecular weight excluding hydrogens is 695 g/mol. The normalized spacial score (nSPS) is 12.6. The third-order valence-corrected chi connectivity index (χ3v) is 9.29. The van der Waals surface area contributed by atoms with Gasteiger partial charge < -0.3 is 19.1 Å². The van der Waals surface area contributed by atoms with Gasteiger partial charge in [-0.25, -0.2) is 14.4 Å². The second-order valence-electron chi connectivity index (χ2n) is 13.6. The lowest BCUT2D eigenvalue weighted by atomic mass is 9.73. The van der Waals surface area contributed by atoms with Gasteiger partial charge in [0.1, 0.15) is 6.61 Å². The molecule has 1 aliphatic carbocycles. The molecule has 0 heterocycles. The number of nitrogens with zero attached hydrogens (tertiary/aromatic N) is 1. The summed E-state index contributed by atoms with van der Waals surface area (Å²) in [5, 5.41) is 0. The van der Waals surface area contributed by atoms with Crippen molar-refractivity contribution in [3.8, 4) is 11.1 Å². The van der Waals surface area contributed by atoms with Gasteiger partial charge in [-0.2, -0.15) is 13.2 Å². The fourth-order valence-corrected chi connectivity index (χ4v) is 6.64. The van der Waals surface area contributed by atoms with Crippen LogP contribution in [-0.4, -0.2) is 31.1 Å². The average Bonchev–Trinajstić information content (AvgIpc) is 3.39. The lowest BCUT2D eigenvalue weighted by Crippen LogP contribution is -2.30. The molecule has 1 aliphatic rings. The van der Waals surface area contributed by atoms with E-state index in [1.165, 1.54) is 0 Å². The fourth-order valence-electron chi connectivity index (χ4n) is 6.64. The van der Waals surface area contributed by atoms with Crippen molar-refractivity contribution in [3.05, 3.63) is 149 Å². The number of anilines is 3. The van der Waals surface area contributed by atoms with Gasteiger partial charge in [0.05, 0.1) is 18.8 Å². The van der Waals surface area contributed by atoms with E-state index in [4.69, 9.17) is 14.2 Å². The zero-order valence-electron chi connectivity index (χ0n) is 30.8. The number of hydrogen-bond donors (Lipinski definition) is 0. The second kappa shape index (κ2) is 16.0. The first-order valence-electron chi connectivity index (χ1n) is 17.3. The Morgan fingerprint density at radius 3 is 1.76 bits per heavy atom. The third kappa shape index (κ3) is 8.49. The molecule has 0 unspecified atom stereocenters. The predicted octanol–water partition coefficient (Wildman–Crippen LogP) is 10.4. The minimum Gasteiger partial charge on any atom is -0.462 e. The molecule has 0 N–H and O–H groups in total. The number of carbonyl (C=O) groups excluding carboxylic acids is 3. The lowest BCUT2D eigenvalue weighted by molar-refractivity contribution is -0.141. The van der Waals surface area contributed by atoms with Gasteiger partial charge >= 0.3 is 24.1 Å². The van der Waals surface area contributed by atoms with Crippen LogP contribution in [0.15, 0.2) is 121 Å². The highest BCUT2D eigenvalue weighted by Gasteiger charge is 2.44. The summed E-state index contributed by atoms with van der Waals surface area (Å²) >= 11 is 0. The molecule has 7 nitrogen and oxygen atoms in total. The number of carbonyl (C=O) groups is 3. The average molecular weight is 738 g/mol. The van der Waals surface area contributed by atoms with Crippen LogP contribution in [0.25, 0.3) is 11.1 Å². The van der Waals surface area contributed by atoms with Crippen LogP contribution < -0.4 is 4.90 Å². The van der Waals surface area contributed by atoms with E-state index in [0.717, 1.165) is 34.4 Å². The van der Waals surface area contributed by atoms with Gasteiger partial charge in [0.15, 0.2) is 0 Å². The fraction of sp³-hybridized carbons (Fsp3) is 0.250. The topological polar surface area (TPSA) is 82.1 Å². The first kappa shape index (κ1) is 39.3. The van der Waals surface area contributed by atoms with E-state index in [1.54, 1.807) is 62.9 Å². The maximum absolute atomic E-state index is 14.2. The zero-order valence-corrected chi connectivity index (χ0v) is 30.8. The molecule has 4 aromatic rings. The molecule has 280 valence electrons. The Bertz CT molecular complexity index is 2100. The summed E-state index contributed by atoms with van der Waals surface area (Å²) in [6, 6.07) is 24.4. The first-order chi connectivity index (χ1) is 25.5. The number of ether oxygens (including phenoxy) is 3. The number of fused-ring (bicyclic) bond motifs is 3. The Kier molecular flexibility index (Phi) is 11.6. The Balaban J connectivity index is 1.67. The van der Waals surface area contributed by atoms with E-state index in [2.05, 4.69) is 19.7 Å². The van der Waals surface area contributed by atoms with Crippen LogP contribution >= 0.6 is 0 Å². The van der Waals surface area contributed by atoms with Gasteiger partial charge in [0.2, 0.25) is 0 Å². The van der Waals surface area contributed by atoms with Crippen LogP contribution in [0.1, 0.15) is 61.4 Å². The summed E-state index contributed by atoms with van der Waals surface area (Å²) in [4.78, 5) is 38.7. The van der Waals surface area contributed by atoms with Crippen molar-refractivity contribution in [2.45, 2.75) is 58.7 Å². The molecule has 0 atom stereocenters. The number of halogens is 3. The van der Waals surface area contributed by atoms with Gasteiger partial charge in [-0.05, 0) is 116 Å². The van der Waals surface area contributed by atoms with Crippen LogP contribution in [0.3, 0.4) is 0 Å². The molecule has 0 aliphatic heterocycles. The SMILES string of the molecule is C=C(C)C(=O)OCCC1(CCOC(=O)C(=C)C)c2ccccc2-c2ccc(N(c3ccc(COC(=O)C(=C)C)cc3)c3cc(C)cc(C(F)(F)F)c3)cc21. The van der Waals surface area contributed by atoms with Crippen molar-refractivity contribution in [1.29, 1.82) is 0 Å². The van der Waals surface area contributed by atoms with E-state index in [9.17, 15) is 27.6 Å². The molecular formula is C44H42F3NO6. The van der Waals surface area contributed by atoms with Gasteiger partial charge in [-0.3, -0.25) is 0 Å². The van der Waals surface area contributed by atoms with Crippen molar-refractivity contribution in [2.75, 3.05) is 18.1 Å². The Morgan fingerprint density at radius 1 is 0.648 bits per heavy atom. The summed E-state index contributed by atoms with van der Waals surface area (Å²) in [5.41, 5.74) is 5.19. The van der Waals surface area contributed by atoms with Crippen LogP contribution in [0.5, 0.6) is 0 Å². The van der Waals surface area contributed by atoms with E-state index < -0.39 is 35.1 Å². The van der Waals surface area contributed by atoms with Gasteiger partial charge in [0.25, 0.3) is 0 Å². The van der Waals surface area contributed by atoms with Crippen molar-refractivity contribution < 1.29 is 41.8 Å². The van der Waals surface area contributed by atoms with Crippen molar-refractivity contribution in [2.24, 2.45) is 0 Å². The highest BCUT2D eigenvalue weighted by molar-refractivity contribution is 5.89. The third-order valence-electron chi connectivity index (χ3n) is 9.29. The Hall–Kier alpha value is -5.90. The molecule has 0 radical (unpaired) electrons. The van der Waals surface area contributed by atoms with Gasteiger partial charge in [-0.15, -0.1) is 0 Å². The van der Waals surface area contributed by atoms with E-state index in [1.807, 2.05) is 42.5 Å². The van der Waals surface area contributed by atoms with Crippen molar-refractivity contribution >= 4 is 35.0 Å². The second-order valence-corrected chi connectivity index (χ2v) is 13.6. The zero-order chi connectivity index (χ0) is 39.4. The summed E-state index contributed by atoms with van der Waals surface area (Å²) in [6.07, 6.45) is -3.98. The number of aryl methyl sites for hydroxylation is 1. The molecule has 0 saturated heterocycles. The van der Waals surface area contributed by atoms with E-state index >= 15 is 0 Å². The Labute approximate surface area is 313 Å². The number of benzene rings is 4. The standard InChI is InChI=1S/C44H42F3NO6/c1-27(2)40(49)52-20-18-43(19-21-53-41(50)28(3)4)38-11-9-8-10-36(38)37-17-16-34(25-39(37)43)48(35-23-30(7)22-32(24-35)44(45,46)47)33-14-12-31(13-15-33)26-54-42(51)29(5)6/h8-17,22-25H,1,3,5,18-21,26H2,2,4,6-7H3. The highest BCUT2D eigenvalue weighted by Crippen LogP contribution is 2.54. The maximum Gasteiger partial charge on any atom is 0.416 e. The molecule has 4 aromatic carbocycles. The summed E-state index contributed by atoms with van der Waals surface area (Å²) < 4.78 is 59.1. The highest BCUT2D eigenvalue weighted by atomic mass is 19.4. The molecule has 0 bridgehead atoms. The number of hydrogen-bond acceptors (Lipinski definition) is 7. The first-order valence-corrected chi connectivity index (χ1v) is 17.3. The van der Waals surface area contributed by atoms with Crippen LogP contribution in [-0.2, 0) is 46.8 Å². The lowest BCUT2D eigenvalue weighted by Gasteiger charge is -2.33.